The second-order valence-electron chi connectivity index (χ2n) is 2.24. The Morgan fingerprint density at radius 2 is 2.13 bits per heavy atom. The van der Waals surface area contributed by atoms with Gasteiger partial charge in [-0.15, -0.1) is 0 Å². The van der Waals surface area contributed by atoms with Crippen molar-refractivity contribution < 1.29 is 15.0 Å². The predicted octanol–water partition coefficient (Wildman–Crippen LogP) is 0.199. The van der Waals surface area contributed by atoms with Crippen molar-refractivity contribution in [2.45, 2.75) is 6.04 Å². The summed E-state index contributed by atoms with van der Waals surface area (Å²) >= 11 is 0. The monoisotopic (exact) mass is 210 g/mol. The Morgan fingerprint density at radius 1 is 1.53 bits per heavy atom. The van der Waals surface area contributed by atoms with Crippen molar-refractivity contribution in [1.29, 1.82) is 5.26 Å². The first kappa shape index (κ1) is 15.6. The number of rotatable bonds is 4. The third kappa shape index (κ3) is 14.9. The van der Waals surface area contributed by atoms with Crippen LogP contribution < -0.4 is 5.73 Å². The first-order valence-electron chi connectivity index (χ1n) is 4.03. The van der Waals surface area contributed by atoms with Gasteiger partial charge in [0.25, 0.3) is 0 Å². The van der Waals surface area contributed by atoms with Crippen LogP contribution in [0.15, 0.2) is 37.0 Å². The van der Waals surface area contributed by atoms with E-state index in [1.165, 1.54) is 6.08 Å². The number of nitriles is 1. The topological polar surface area (TPSA) is 107 Å². The van der Waals surface area contributed by atoms with Crippen molar-refractivity contribution in [1.82, 2.24) is 0 Å². The van der Waals surface area contributed by atoms with Crippen LogP contribution in [0.25, 0.3) is 0 Å². The highest BCUT2D eigenvalue weighted by Gasteiger charge is 2.06. The van der Waals surface area contributed by atoms with E-state index in [0.29, 0.717) is 0 Å². The zero-order chi connectivity index (χ0) is 12.1. The van der Waals surface area contributed by atoms with Crippen LogP contribution in [-0.2, 0) is 4.79 Å². The highest BCUT2D eigenvalue weighted by atomic mass is 16.4. The van der Waals surface area contributed by atoms with Crippen LogP contribution >= 0.6 is 0 Å². The van der Waals surface area contributed by atoms with E-state index in [0.717, 1.165) is 0 Å². The first-order valence-corrected chi connectivity index (χ1v) is 4.03. The number of nitrogens with zero attached hydrogens (tertiary/aromatic N) is 1. The van der Waals surface area contributed by atoms with Gasteiger partial charge in [-0.3, -0.25) is 4.79 Å². The normalized spacial score (nSPS) is 11.5. The van der Waals surface area contributed by atoms with Crippen molar-refractivity contribution in [2.24, 2.45) is 5.73 Å². The standard InChI is InChI=1S/C7H7N.C3H7NO3/c1-2-3-4-5-6-7-8;4-2(1-5)3(6)7/h2-6H,1H2;2,5H,1,4H2,(H,6,7)/t;2-/m.0/s1. The van der Waals surface area contributed by atoms with Crippen LogP contribution in [-0.4, -0.2) is 28.8 Å². The fraction of sp³-hybridized carbons (Fsp3) is 0.200. The van der Waals surface area contributed by atoms with Crippen molar-refractivity contribution in [2.75, 3.05) is 6.61 Å². The number of aliphatic hydroxyl groups excluding tert-OH is 1. The summed E-state index contributed by atoms with van der Waals surface area (Å²) in [6.07, 6.45) is 8.22. The lowest BCUT2D eigenvalue weighted by molar-refractivity contribution is -0.139. The molecule has 0 bridgehead atoms. The maximum atomic E-state index is 9.65. The molecule has 0 aliphatic rings. The average molecular weight is 210 g/mol. The van der Waals surface area contributed by atoms with Gasteiger partial charge in [0.15, 0.2) is 0 Å². The first-order chi connectivity index (χ1) is 7.09. The number of hydrogen-bond donors (Lipinski definition) is 3. The molecule has 0 heterocycles. The van der Waals surface area contributed by atoms with Gasteiger partial charge in [0.1, 0.15) is 6.04 Å². The molecule has 1 atom stereocenters. The summed E-state index contributed by atoms with van der Waals surface area (Å²) in [7, 11) is 0. The third-order valence-electron chi connectivity index (χ3n) is 1.04. The zero-order valence-electron chi connectivity index (χ0n) is 8.21. The summed E-state index contributed by atoms with van der Waals surface area (Å²) in [5.41, 5.74) is 4.77. The third-order valence-corrected chi connectivity index (χ3v) is 1.04. The molecule has 0 spiro atoms. The van der Waals surface area contributed by atoms with E-state index in [2.05, 4.69) is 6.58 Å². The molecule has 4 N–H and O–H groups in total. The Balaban J connectivity index is 0. The molecule has 0 aromatic heterocycles. The Morgan fingerprint density at radius 3 is 2.40 bits per heavy atom. The van der Waals surface area contributed by atoms with Gasteiger partial charge in [0, 0.05) is 6.08 Å². The number of carbonyl (C=O) groups is 1. The number of carboxylic acids is 1. The Kier molecular flexibility index (Phi) is 12.6. The molecule has 0 saturated carbocycles. The fourth-order valence-corrected chi connectivity index (χ4v) is 0.319. The van der Waals surface area contributed by atoms with Gasteiger partial charge < -0.3 is 15.9 Å². The summed E-state index contributed by atoms with van der Waals surface area (Å²) in [5, 5.41) is 23.9. The highest BCUT2D eigenvalue weighted by Crippen LogP contribution is 1.74. The van der Waals surface area contributed by atoms with E-state index in [1.807, 2.05) is 6.07 Å². The summed E-state index contributed by atoms with van der Waals surface area (Å²) in [4.78, 5) is 9.65. The minimum atomic E-state index is -1.18. The van der Waals surface area contributed by atoms with Crippen molar-refractivity contribution >= 4 is 5.97 Å². The molecule has 5 heteroatoms. The Hall–Kier alpha value is -1.90. The molecule has 82 valence electrons. The Bertz CT molecular complexity index is 277. The molecule has 5 nitrogen and oxygen atoms in total. The van der Waals surface area contributed by atoms with Crippen LogP contribution in [0, 0.1) is 11.3 Å². The van der Waals surface area contributed by atoms with Gasteiger partial charge >= 0.3 is 5.97 Å². The molecular weight excluding hydrogens is 196 g/mol. The largest absolute Gasteiger partial charge is 0.480 e. The number of allylic oxidation sites excluding steroid dienone is 5. The van der Waals surface area contributed by atoms with Gasteiger partial charge in [0.05, 0.1) is 12.7 Å². The molecule has 0 aliphatic carbocycles. The van der Waals surface area contributed by atoms with Crippen LogP contribution in [0.1, 0.15) is 0 Å². The predicted molar refractivity (Wildman–Crippen MR) is 56.8 cm³/mol. The molecule has 0 amide bonds. The van der Waals surface area contributed by atoms with E-state index in [9.17, 15) is 4.79 Å². The smallest absolute Gasteiger partial charge is 0.322 e. The summed E-state index contributed by atoms with van der Waals surface area (Å²) in [5.74, 6) is -1.18. The zero-order valence-corrected chi connectivity index (χ0v) is 8.21. The minimum Gasteiger partial charge on any atom is -0.480 e. The quantitative estimate of drug-likeness (QED) is 0.453. The number of nitrogens with two attached hydrogens (primary N) is 1. The van der Waals surface area contributed by atoms with Gasteiger partial charge in [-0.25, -0.2) is 0 Å². The second kappa shape index (κ2) is 12.1. The van der Waals surface area contributed by atoms with Crippen LogP contribution in [0.3, 0.4) is 0 Å². The highest BCUT2D eigenvalue weighted by molar-refractivity contribution is 5.73. The van der Waals surface area contributed by atoms with E-state index in [4.69, 9.17) is 21.2 Å². The molecule has 0 rings (SSSR count). The number of hydrogen-bond acceptors (Lipinski definition) is 4. The fourth-order valence-electron chi connectivity index (χ4n) is 0.319. The van der Waals surface area contributed by atoms with Gasteiger partial charge in [-0.05, 0) is 0 Å². The Labute approximate surface area is 88.4 Å². The lowest BCUT2D eigenvalue weighted by atomic mass is 10.3. The molecule has 0 fully saturated rings. The molecule has 0 radical (unpaired) electrons. The summed E-state index contributed by atoms with van der Waals surface area (Å²) in [6.45, 7) is 2.95. The van der Waals surface area contributed by atoms with Crippen molar-refractivity contribution in [3.05, 3.63) is 37.0 Å². The molecule has 0 aliphatic heterocycles. The van der Waals surface area contributed by atoms with E-state index >= 15 is 0 Å². The lowest BCUT2D eigenvalue weighted by Gasteiger charge is -1.96. The van der Waals surface area contributed by atoms with Gasteiger partial charge in [-0.2, -0.15) is 5.26 Å². The number of aliphatic carboxylic acids is 1. The molecular formula is C10H14N2O3. The van der Waals surface area contributed by atoms with Crippen LogP contribution in [0.4, 0.5) is 0 Å². The molecule has 0 unspecified atom stereocenters. The lowest BCUT2D eigenvalue weighted by Crippen LogP contribution is -2.33. The second-order valence-corrected chi connectivity index (χ2v) is 2.24. The van der Waals surface area contributed by atoms with Crippen LogP contribution in [0.5, 0.6) is 0 Å². The molecule has 15 heavy (non-hydrogen) atoms. The molecule has 0 aromatic carbocycles. The number of aliphatic hydroxyl groups is 1. The van der Waals surface area contributed by atoms with Gasteiger partial charge in [0.2, 0.25) is 0 Å². The minimum absolute atomic E-state index is 0.505. The van der Waals surface area contributed by atoms with Gasteiger partial charge in [-0.1, -0.05) is 30.9 Å². The van der Waals surface area contributed by atoms with Crippen molar-refractivity contribution in [3.8, 4) is 6.07 Å². The van der Waals surface area contributed by atoms with E-state index in [-0.39, 0.29) is 0 Å². The average Bonchev–Trinajstić information content (AvgIpc) is 2.24. The summed E-state index contributed by atoms with van der Waals surface area (Å²) < 4.78 is 0. The SMILES string of the molecule is C=CC=CC=CC#N.N[C@@H](CO)C(=O)O. The maximum absolute atomic E-state index is 9.65. The molecule has 0 aromatic rings. The van der Waals surface area contributed by atoms with E-state index < -0.39 is 18.6 Å². The van der Waals surface area contributed by atoms with Crippen molar-refractivity contribution in [3.63, 3.8) is 0 Å². The van der Waals surface area contributed by atoms with E-state index in [1.54, 1.807) is 24.3 Å². The summed E-state index contributed by atoms with van der Waals surface area (Å²) in [6, 6.07) is 0.735. The maximum Gasteiger partial charge on any atom is 0.322 e. The number of carboxylic acid groups (broad SMARTS) is 1. The molecule has 0 saturated heterocycles. The van der Waals surface area contributed by atoms with Crippen LogP contribution in [0.2, 0.25) is 0 Å².